The summed E-state index contributed by atoms with van der Waals surface area (Å²) in [4.78, 5) is 12.9. The number of carboxylic acid groups (broad SMARTS) is 1. The summed E-state index contributed by atoms with van der Waals surface area (Å²) in [5.41, 5.74) is 3.66. The van der Waals surface area contributed by atoms with Crippen LogP contribution in [0.15, 0.2) is 72.8 Å². The van der Waals surface area contributed by atoms with Gasteiger partial charge in [0.15, 0.2) is 0 Å². The first-order valence-corrected chi connectivity index (χ1v) is 11.4. The quantitative estimate of drug-likeness (QED) is 0.481. The number of likely N-dealkylation sites (tertiary alicyclic amines) is 1. The van der Waals surface area contributed by atoms with Crippen molar-refractivity contribution in [3.63, 3.8) is 0 Å². The standard InChI is InChI=1S/C28H27FN2O3/c1-20(23-15-24(17-26(29)16-23)22-9-7-21(18-30)8-10-22)34-19-28(25-5-3-2-4-6-25)11-13-31(14-12-28)27(32)33/h2-10,15-17,20H,11-14,19H2,1H3,(H,32,33). The highest BCUT2D eigenvalue weighted by Gasteiger charge is 2.38. The fraction of sp³-hybridized carbons (Fsp3) is 0.286. The molecular formula is C28H27FN2O3. The summed E-state index contributed by atoms with van der Waals surface area (Å²) < 4.78 is 20.8. The molecule has 4 rings (SSSR count). The van der Waals surface area contributed by atoms with E-state index in [0.717, 1.165) is 22.3 Å². The smallest absolute Gasteiger partial charge is 0.407 e. The molecule has 1 aliphatic rings. The Morgan fingerprint density at radius 2 is 1.76 bits per heavy atom. The maximum absolute atomic E-state index is 14.5. The van der Waals surface area contributed by atoms with E-state index in [1.54, 1.807) is 12.1 Å². The SMILES string of the molecule is CC(OCC1(c2ccccc2)CCN(C(=O)O)CC1)c1cc(F)cc(-c2ccc(C#N)cc2)c1. The van der Waals surface area contributed by atoms with E-state index in [2.05, 4.69) is 18.2 Å². The van der Waals surface area contributed by atoms with Gasteiger partial charge >= 0.3 is 6.09 Å². The van der Waals surface area contributed by atoms with Crippen molar-refractivity contribution in [2.75, 3.05) is 19.7 Å². The molecule has 1 fully saturated rings. The van der Waals surface area contributed by atoms with Crippen molar-refractivity contribution in [1.29, 1.82) is 5.26 Å². The Labute approximate surface area is 199 Å². The first kappa shape index (κ1) is 23.5. The van der Waals surface area contributed by atoms with E-state index in [0.29, 0.717) is 38.1 Å². The third-order valence-electron chi connectivity index (χ3n) is 6.72. The molecule has 0 saturated carbocycles. The number of hydrogen-bond donors (Lipinski definition) is 1. The Morgan fingerprint density at radius 1 is 1.09 bits per heavy atom. The predicted octanol–water partition coefficient (Wildman–Crippen LogP) is 6.15. The fourth-order valence-corrected chi connectivity index (χ4v) is 4.57. The zero-order valence-electron chi connectivity index (χ0n) is 19.1. The van der Waals surface area contributed by atoms with Crippen LogP contribution in [0.1, 0.15) is 42.6 Å². The third-order valence-corrected chi connectivity index (χ3v) is 6.72. The minimum Gasteiger partial charge on any atom is -0.465 e. The molecule has 5 nitrogen and oxygen atoms in total. The first-order valence-electron chi connectivity index (χ1n) is 11.4. The van der Waals surface area contributed by atoms with E-state index in [-0.39, 0.29) is 17.3 Å². The lowest BCUT2D eigenvalue weighted by Gasteiger charge is -2.41. The number of nitriles is 1. The molecule has 0 radical (unpaired) electrons. The Kier molecular flexibility index (Phi) is 6.95. The summed E-state index contributed by atoms with van der Waals surface area (Å²) in [5, 5.41) is 18.4. The number of halogens is 1. The predicted molar refractivity (Wildman–Crippen MR) is 128 cm³/mol. The molecule has 3 aromatic rings. The fourth-order valence-electron chi connectivity index (χ4n) is 4.57. The highest BCUT2D eigenvalue weighted by molar-refractivity contribution is 5.66. The molecule has 1 aliphatic heterocycles. The molecule has 3 aromatic carbocycles. The summed E-state index contributed by atoms with van der Waals surface area (Å²) in [7, 11) is 0. The van der Waals surface area contributed by atoms with Gasteiger partial charge in [-0.1, -0.05) is 42.5 Å². The van der Waals surface area contributed by atoms with Crippen molar-refractivity contribution in [3.05, 3.63) is 95.3 Å². The number of benzene rings is 3. The molecule has 0 aliphatic carbocycles. The number of carbonyl (C=O) groups is 1. The monoisotopic (exact) mass is 458 g/mol. The van der Waals surface area contributed by atoms with Crippen molar-refractivity contribution in [1.82, 2.24) is 4.90 Å². The third kappa shape index (κ3) is 5.11. The lowest BCUT2D eigenvalue weighted by molar-refractivity contribution is 0.00499. The van der Waals surface area contributed by atoms with Crippen molar-refractivity contribution in [2.45, 2.75) is 31.3 Å². The Balaban J connectivity index is 1.54. The minimum atomic E-state index is -0.897. The first-order chi connectivity index (χ1) is 16.4. The topological polar surface area (TPSA) is 73.6 Å². The molecule has 1 saturated heterocycles. The van der Waals surface area contributed by atoms with Gasteiger partial charge < -0.3 is 14.7 Å². The highest BCUT2D eigenvalue weighted by Crippen LogP contribution is 2.37. The van der Waals surface area contributed by atoms with Crippen molar-refractivity contribution < 1.29 is 19.0 Å². The number of hydrogen-bond acceptors (Lipinski definition) is 3. The number of rotatable bonds is 6. The molecule has 174 valence electrons. The molecule has 1 heterocycles. The number of amides is 1. The van der Waals surface area contributed by atoms with Crippen molar-refractivity contribution in [2.24, 2.45) is 0 Å². The van der Waals surface area contributed by atoms with Crippen molar-refractivity contribution in [3.8, 4) is 17.2 Å². The zero-order chi connectivity index (χ0) is 24.1. The Bertz CT molecular complexity index is 1180. The Hall–Kier alpha value is -3.69. The van der Waals surface area contributed by atoms with Crippen LogP contribution in [0.5, 0.6) is 0 Å². The summed E-state index contributed by atoms with van der Waals surface area (Å²) in [6.07, 6.45) is 0.0719. The zero-order valence-corrected chi connectivity index (χ0v) is 19.1. The Morgan fingerprint density at radius 3 is 2.38 bits per heavy atom. The van der Waals surface area contributed by atoms with Crippen LogP contribution in [0, 0.1) is 17.1 Å². The maximum Gasteiger partial charge on any atom is 0.407 e. The molecule has 1 atom stereocenters. The van der Waals surface area contributed by atoms with Gasteiger partial charge in [0.05, 0.1) is 24.3 Å². The van der Waals surface area contributed by atoms with Crippen LogP contribution in [0.3, 0.4) is 0 Å². The van der Waals surface area contributed by atoms with Crippen LogP contribution >= 0.6 is 0 Å². The molecule has 0 bridgehead atoms. The lowest BCUT2D eigenvalue weighted by Crippen LogP contribution is -2.47. The van der Waals surface area contributed by atoms with Gasteiger partial charge in [0.1, 0.15) is 5.82 Å². The molecular weight excluding hydrogens is 431 g/mol. The minimum absolute atomic E-state index is 0.301. The number of piperidine rings is 1. The molecule has 1 amide bonds. The molecule has 1 N–H and O–H groups in total. The second-order valence-electron chi connectivity index (χ2n) is 8.83. The van der Waals surface area contributed by atoms with Gasteiger partial charge in [-0.2, -0.15) is 5.26 Å². The van der Waals surface area contributed by atoms with Crippen LogP contribution < -0.4 is 0 Å². The van der Waals surface area contributed by atoms with Crippen LogP contribution in [0.2, 0.25) is 0 Å². The van der Waals surface area contributed by atoms with Crippen LogP contribution in [0.4, 0.5) is 9.18 Å². The summed E-state index contributed by atoms with van der Waals surface area (Å²) >= 11 is 0. The van der Waals surface area contributed by atoms with Crippen LogP contribution in [0.25, 0.3) is 11.1 Å². The highest BCUT2D eigenvalue weighted by atomic mass is 19.1. The second kappa shape index (κ2) is 10.1. The largest absolute Gasteiger partial charge is 0.465 e. The van der Waals surface area contributed by atoms with E-state index in [1.807, 2.05) is 43.3 Å². The summed E-state index contributed by atoms with van der Waals surface area (Å²) in [5.74, 6) is -0.347. The van der Waals surface area contributed by atoms with Gasteiger partial charge in [0.25, 0.3) is 0 Å². The van der Waals surface area contributed by atoms with Gasteiger partial charge in [-0.05, 0) is 72.4 Å². The summed E-state index contributed by atoms with van der Waals surface area (Å²) in [6, 6.07) is 24.1. The number of ether oxygens (including phenoxy) is 1. The summed E-state index contributed by atoms with van der Waals surface area (Å²) in [6.45, 7) is 3.21. The molecule has 6 heteroatoms. The lowest BCUT2D eigenvalue weighted by atomic mass is 9.73. The normalized spacial score (nSPS) is 16.0. The maximum atomic E-state index is 14.5. The average molecular weight is 459 g/mol. The van der Waals surface area contributed by atoms with E-state index in [1.165, 1.54) is 17.0 Å². The van der Waals surface area contributed by atoms with Gasteiger partial charge in [-0.15, -0.1) is 0 Å². The average Bonchev–Trinajstić information content (AvgIpc) is 2.87. The van der Waals surface area contributed by atoms with Gasteiger partial charge in [0.2, 0.25) is 0 Å². The van der Waals surface area contributed by atoms with Crippen LogP contribution in [-0.2, 0) is 10.2 Å². The molecule has 1 unspecified atom stereocenters. The van der Waals surface area contributed by atoms with E-state index >= 15 is 0 Å². The van der Waals surface area contributed by atoms with E-state index in [4.69, 9.17) is 10.00 Å². The van der Waals surface area contributed by atoms with Crippen molar-refractivity contribution >= 4 is 6.09 Å². The van der Waals surface area contributed by atoms with Gasteiger partial charge in [-0.3, -0.25) is 0 Å². The van der Waals surface area contributed by atoms with Crippen LogP contribution in [-0.4, -0.2) is 35.8 Å². The van der Waals surface area contributed by atoms with Gasteiger partial charge in [-0.25, -0.2) is 9.18 Å². The molecule has 0 aromatic heterocycles. The van der Waals surface area contributed by atoms with E-state index < -0.39 is 6.09 Å². The number of nitrogens with zero attached hydrogens (tertiary/aromatic N) is 2. The molecule has 34 heavy (non-hydrogen) atoms. The second-order valence-corrected chi connectivity index (χ2v) is 8.83. The van der Waals surface area contributed by atoms with E-state index in [9.17, 15) is 14.3 Å². The molecule has 0 spiro atoms. The van der Waals surface area contributed by atoms with Gasteiger partial charge in [0, 0.05) is 18.5 Å².